The van der Waals surface area contributed by atoms with Crippen molar-refractivity contribution in [1.82, 2.24) is 0 Å². The summed E-state index contributed by atoms with van der Waals surface area (Å²) < 4.78 is 91.6. The van der Waals surface area contributed by atoms with E-state index in [2.05, 4.69) is 204 Å². The van der Waals surface area contributed by atoms with E-state index in [-0.39, 0.29) is 133 Å². The zero-order valence-corrected chi connectivity index (χ0v) is 81.7. The van der Waals surface area contributed by atoms with Gasteiger partial charge in [0.1, 0.15) is 95.6 Å². The Labute approximate surface area is 809 Å². The Kier molecular flexibility index (Phi) is 39.3. The number of benzene rings is 9. The maximum Gasteiger partial charge on any atom is 1.00 e. The van der Waals surface area contributed by atoms with Crippen molar-refractivity contribution in [3.63, 3.8) is 0 Å². The van der Waals surface area contributed by atoms with Gasteiger partial charge in [0.25, 0.3) is 0 Å². The number of hydrogen-bond acceptors (Lipinski definition) is 21. The molecule has 0 aliphatic carbocycles. The van der Waals surface area contributed by atoms with E-state index in [0.29, 0.717) is 155 Å². The third-order valence-corrected chi connectivity index (χ3v) is 24.8. The van der Waals surface area contributed by atoms with E-state index < -0.39 is 6.10 Å². The number of halogens is 1. The minimum atomic E-state index is -1.04. The number of aromatic hydroxyl groups is 4. The molecule has 7 aliphatic heterocycles. The van der Waals surface area contributed by atoms with Crippen molar-refractivity contribution >= 4 is 11.6 Å². The maximum absolute atomic E-state index is 12.1. The summed E-state index contributed by atoms with van der Waals surface area (Å²) in [6, 6.07) is 50.5. The van der Waals surface area contributed by atoms with Gasteiger partial charge < -0.3 is 102 Å². The SMILES string of the molecule is C.CCCc1cc(O)c(O)cc1C(c1ccc(C(C)C)cc1)c1cc(O)c(O)cc1CCC.CCCc1cc(OCC(O)COc2cc(CCC)c(C(c3ccc(C(C)C)cc3)c3cc(OCC4CO4)c(OCC4CO4)cc3CCC)cc2OCC2CO2)c(OCC2CO2)cc1C(c1ccc(C(C)C)cc1)c1cc(OCC2CO2)c(OCC2CO2)cc1CCC.ClCC1CO1.[Na+].[OH-]. The molecular weight excluding hydrogens is 1700 g/mol. The fraction of sp³-hybridized carbons (Fsp3) is 0.505. The van der Waals surface area contributed by atoms with Gasteiger partial charge in [0.05, 0.1) is 58.2 Å². The predicted molar refractivity (Wildman–Crippen MR) is 511 cm³/mol. The van der Waals surface area contributed by atoms with E-state index >= 15 is 0 Å². The van der Waals surface area contributed by atoms with E-state index in [9.17, 15) is 25.5 Å². The van der Waals surface area contributed by atoms with Crippen molar-refractivity contribution in [1.29, 1.82) is 0 Å². The summed E-state index contributed by atoms with van der Waals surface area (Å²) in [5.74, 6) is 5.57. The summed E-state index contributed by atoms with van der Waals surface area (Å²) >= 11 is 5.27. The number of aliphatic hydroxyl groups is 1. The van der Waals surface area contributed by atoms with Crippen LogP contribution in [-0.2, 0) is 71.7 Å². The predicted octanol–water partition coefficient (Wildman–Crippen LogP) is 18.4. The van der Waals surface area contributed by atoms with Gasteiger partial charge in [-0.2, -0.15) is 0 Å². The van der Waals surface area contributed by atoms with Gasteiger partial charge in [-0.05, 0) is 229 Å². The van der Waals surface area contributed by atoms with Crippen molar-refractivity contribution in [2.24, 2.45) is 0 Å². The molecule has 7 aliphatic rings. The molecule has 9 atom stereocenters. The molecule has 0 radical (unpaired) electrons. The summed E-state index contributed by atoms with van der Waals surface area (Å²) in [5, 5.41) is 53.2. The van der Waals surface area contributed by atoms with E-state index in [0.717, 1.165) is 156 Å². The summed E-state index contributed by atoms with van der Waals surface area (Å²) in [7, 11) is 0. The van der Waals surface area contributed by atoms with Crippen molar-refractivity contribution in [2.45, 2.75) is 252 Å². The van der Waals surface area contributed by atoms with Crippen LogP contribution in [0.1, 0.15) is 265 Å². The van der Waals surface area contributed by atoms with Crippen LogP contribution in [0, 0.1) is 0 Å². The van der Waals surface area contributed by atoms with Crippen molar-refractivity contribution in [3.8, 4) is 69.0 Å². The number of ether oxygens (including phenoxy) is 15. The monoisotopic (exact) mass is 1840 g/mol. The molecule has 0 saturated carbocycles. The Morgan fingerprint density at radius 3 is 0.659 bits per heavy atom. The molecule has 16 rings (SSSR count). The molecule has 0 aromatic heterocycles. The number of phenolic OH excluding ortho intramolecular Hbond substituents is 4. The van der Waals surface area contributed by atoms with E-state index in [1.165, 1.54) is 27.8 Å². The molecule has 132 heavy (non-hydrogen) atoms. The Balaban J connectivity index is 0.000000350. The molecule has 9 aromatic rings. The maximum atomic E-state index is 12.1. The second kappa shape index (κ2) is 49.8. The van der Waals surface area contributed by atoms with Gasteiger partial charge in [0, 0.05) is 17.8 Å². The number of epoxide rings is 7. The van der Waals surface area contributed by atoms with E-state index in [1.807, 2.05) is 0 Å². The molecule has 710 valence electrons. The van der Waals surface area contributed by atoms with Crippen LogP contribution in [0.15, 0.2) is 146 Å². The molecule has 7 saturated heterocycles. The van der Waals surface area contributed by atoms with Gasteiger partial charge in [-0.3, -0.25) is 0 Å². The number of aryl methyl sites for hydroxylation is 6. The van der Waals surface area contributed by atoms with Crippen molar-refractivity contribution in [3.05, 3.63) is 246 Å². The van der Waals surface area contributed by atoms with E-state index in [4.69, 9.17) is 82.7 Å². The molecule has 9 aromatic carbocycles. The van der Waals surface area contributed by atoms with E-state index in [1.54, 1.807) is 24.3 Å². The smallest absolute Gasteiger partial charge is 0.870 e. The average molecular weight is 1840 g/mol. The number of hydrogen-bond donors (Lipinski definition) is 5. The fourth-order valence-electron chi connectivity index (χ4n) is 16.6. The molecule has 7 fully saturated rings. The molecule has 9 unspecified atom stereocenters. The van der Waals surface area contributed by atoms with Crippen LogP contribution in [0.25, 0.3) is 0 Å². The Morgan fingerprint density at radius 1 is 0.288 bits per heavy atom. The molecule has 23 heteroatoms. The van der Waals surface area contributed by atoms with Gasteiger partial charge in [-0.15, -0.1) is 11.6 Å². The quantitative estimate of drug-likeness (QED) is 0.00778. The second-order valence-corrected chi connectivity index (χ2v) is 36.6. The minimum Gasteiger partial charge on any atom is -0.870 e. The van der Waals surface area contributed by atoms with Crippen molar-refractivity contribution in [2.75, 3.05) is 105 Å². The first kappa shape index (κ1) is 104. The third-order valence-electron chi connectivity index (χ3n) is 24.5. The molecular formula is C109H140ClNaO21. The van der Waals surface area contributed by atoms with Crippen LogP contribution in [0.2, 0.25) is 0 Å². The van der Waals surface area contributed by atoms with Crippen LogP contribution in [-0.4, -0.2) is 185 Å². The zero-order chi connectivity index (χ0) is 90.8. The summed E-state index contributed by atoms with van der Waals surface area (Å²) in [6.45, 7) is 33.5. The molecule has 0 spiro atoms. The number of phenols is 4. The van der Waals surface area contributed by atoms with Crippen LogP contribution in [0.3, 0.4) is 0 Å². The molecule has 0 amide bonds. The summed E-state index contributed by atoms with van der Waals surface area (Å²) in [6.07, 6.45) is 9.74. The van der Waals surface area contributed by atoms with Crippen LogP contribution >= 0.6 is 11.6 Å². The van der Waals surface area contributed by atoms with Gasteiger partial charge in [0.15, 0.2) is 69.0 Å². The van der Waals surface area contributed by atoms with Crippen LogP contribution in [0.4, 0.5) is 0 Å². The number of rotatable bonds is 49. The Bertz CT molecular complexity index is 4830. The van der Waals surface area contributed by atoms with Gasteiger partial charge >= 0.3 is 29.6 Å². The first-order valence-electron chi connectivity index (χ1n) is 47.2. The van der Waals surface area contributed by atoms with Gasteiger partial charge in [-0.1, -0.05) is 202 Å². The van der Waals surface area contributed by atoms with Gasteiger partial charge in [0.2, 0.25) is 0 Å². The van der Waals surface area contributed by atoms with Crippen LogP contribution < -0.4 is 67.5 Å². The molecule has 0 bridgehead atoms. The van der Waals surface area contributed by atoms with Crippen LogP contribution in [0.5, 0.6) is 69.0 Å². The molecule has 7 heterocycles. The average Bonchev–Trinajstić information content (AvgIpc) is 1.07. The fourth-order valence-corrected chi connectivity index (χ4v) is 16.8. The summed E-state index contributed by atoms with van der Waals surface area (Å²) in [4.78, 5) is 0. The molecule has 21 nitrogen and oxygen atoms in total. The van der Waals surface area contributed by atoms with Crippen molar-refractivity contribution < 1.29 is 132 Å². The Hall–Kier alpha value is -8.49. The Morgan fingerprint density at radius 2 is 0.470 bits per heavy atom. The minimum absolute atomic E-state index is 0. The second-order valence-electron chi connectivity index (χ2n) is 36.3. The van der Waals surface area contributed by atoms with Gasteiger partial charge in [-0.25, -0.2) is 0 Å². The number of alkyl halides is 1. The largest absolute Gasteiger partial charge is 1.00 e. The normalized spacial score (nSPS) is 18.6. The number of aliphatic hydroxyl groups excluding tert-OH is 1. The summed E-state index contributed by atoms with van der Waals surface area (Å²) in [5.41, 5.74) is 19.9. The first-order valence-corrected chi connectivity index (χ1v) is 47.8. The zero-order valence-electron chi connectivity index (χ0n) is 78.9. The topological polar surface area (TPSA) is 293 Å². The third kappa shape index (κ3) is 29.0. The molecule has 6 N–H and O–H groups in total. The standard InChI is InChI=1S/C77H96O15.C28H34O4.C3H5ClO.CH4.Na.H2O/c1-9-13-53-25-68(72(89-43-60-37-81-60)29-64(53)76(51-21-17-49(18-22-51)47(5)6)66-31-74(91-45-62-39-83-62)70(27-55(66)15-11-3)87-41-58-35-79-58)85-33-57(78)34-86-69-26-54(14-10-2)65(30-73(69)90-44-61-38-82-61)77(52-23-19-50(20-24-52)48(7)8)67-32-75(92-46-63-40-84-63)71(28-56(67)16-12-4)88-42-59-36-80-59;1-5-7-20-13-24(29)26(31)15-22(20)28(19-11-9-18(10-12-19)17(3)4)23-16-27(32)25(30)14-21(23)8-6-2;4-1-3-2-5-3;;;/h17-32,47-48,57-63,76-78H,9-16,33-46H2,1-8H3;9-17,28-32H,5-8H2,1-4H3;3H,1-2H2;1H4;;1H2/q;;;;+1;/p-1. The first-order chi connectivity index (χ1) is 62.6.